The van der Waals surface area contributed by atoms with Crippen molar-refractivity contribution < 1.29 is 0 Å². The Hall–Kier alpha value is -1.04. The van der Waals surface area contributed by atoms with E-state index >= 15 is 0 Å². The molecule has 18 heavy (non-hydrogen) atoms. The molecular formula is C16H25NSi. The number of nitrogens with zero attached hydrogens (tertiary/aromatic N) is 1. The van der Waals surface area contributed by atoms with Crippen molar-refractivity contribution in [3.05, 3.63) is 35.9 Å². The molecule has 0 fully saturated rings. The van der Waals surface area contributed by atoms with E-state index in [0.29, 0.717) is 0 Å². The predicted molar refractivity (Wildman–Crippen MR) is 83.2 cm³/mol. The van der Waals surface area contributed by atoms with Crippen LogP contribution in [0.4, 0.5) is 0 Å². The van der Waals surface area contributed by atoms with Crippen LogP contribution in [0.25, 0.3) is 0 Å². The number of hydrogen-bond acceptors (Lipinski definition) is 1. The van der Waals surface area contributed by atoms with Gasteiger partial charge in [0.2, 0.25) is 0 Å². The molecule has 1 nitrogen and oxygen atoms in total. The largest absolute Gasteiger partial charge is 0.287 e. The molecule has 0 heterocycles. The standard InChI is InChI=1S/C16H25NSi/c1-6-17(7-2)16(13-14-18(3,4)5)15-11-9-8-10-12-15/h8-12,16H,6-7H2,1-5H3/t16-/m0/s1. The summed E-state index contributed by atoms with van der Waals surface area (Å²) in [5.41, 5.74) is 4.83. The fraction of sp³-hybridized carbons (Fsp3) is 0.500. The molecule has 1 atom stereocenters. The maximum absolute atomic E-state index is 3.52. The van der Waals surface area contributed by atoms with E-state index in [2.05, 4.69) is 80.2 Å². The van der Waals surface area contributed by atoms with E-state index in [-0.39, 0.29) is 6.04 Å². The summed E-state index contributed by atoms with van der Waals surface area (Å²) in [5.74, 6) is 3.52. The summed E-state index contributed by atoms with van der Waals surface area (Å²) in [6.07, 6.45) is 0. The first kappa shape index (κ1) is 15.0. The molecule has 0 amide bonds. The topological polar surface area (TPSA) is 3.24 Å². The van der Waals surface area contributed by atoms with Gasteiger partial charge in [-0.05, 0) is 18.7 Å². The molecule has 0 aliphatic carbocycles. The summed E-state index contributed by atoms with van der Waals surface area (Å²) >= 11 is 0. The molecule has 1 aromatic rings. The number of rotatable bonds is 4. The van der Waals surface area contributed by atoms with Gasteiger partial charge < -0.3 is 0 Å². The minimum absolute atomic E-state index is 0.243. The van der Waals surface area contributed by atoms with Crippen molar-refractivity contribution in [3.8, 4) is 11.5 Å². The molecule has 1 rings (SSSR count). The van der Waals surface area contributed by atoms with Gasteiger partial charge in [-0.1, -0.05) is 69.7 Å². The van der Waals surface area contributed by atoms with Crippen LogP contribution in [0.15, 0.2) is 30.3 Å². The average molecular weight is 259 g/mol. The molecule has 0 aromatic heterocycles. The van der Waals surface area contributed by atoms with Crippen molar-refractivity contribution in [2.45, 2.75) is 39.5 Å². The Morgan fingerprint density at radius 3 is 2.06 bits per heavy atom. The zero-order valence-corrected chi connectivity index (χ0v) is 13.3. The Kier molecular flexibility index (Phi) is 5.65. The fourth-order valence-electron chi connectivity index (χ4n) is 1.89. The zero-order chi connectivity index (χ0) is 13.6. The van der Waals surface area contributed by atoms with Gasteiger partial charge in [-0.25, -0.2) is 0 Å². The predicted octanol–water partition coefficient (Wildman–Crippen LogP) is 3.95. The first-order valence-corrected chi connectivity index (χ1v) is 10.3. The molecule has 0 saturated carbocycles. The number of benzene rings is 1. The van der Waals surface area contributed by atoms with Gasteiger partial charge in [0.25, 0.3) is 0 Å². The van der Waals surface area contributed by atoms with E-state index in [1.165, 1.54) is 5.56 Å². The quantitative estimate of drug-likeness (QED) is 0.584. The summed E-state index contributed by atoms with van der Waals surface area (Å²) in [6, 6.07) is 10.9. The average Bonchev–Trinajstić information content (AvgIpc) is 2.34. The molecule has 0 radical (unpaired) electrons. The molecule has 0 spiro atoms. The van der Waals surface area contributed by atoms with Crippen molar-refractivity contribution in [2.24, 2.45) is 0 Å². The van der Waals surface area contributed by atoms with Crippen LogP contribution in [-0.2, 0) is 0 Å². The molecule has 2 heteroatoms. The lowest BCUT2D eigenvalue weighted by Gasteiger charge is -2.26. The Bertz CT molecular complexity index is 404. The maximum atomic E-state index is 3.52. The highest BCUT2D eigenvalue weighted by Crippen LogP contribution is 2.19. The third-order valence-corrected chi connectivity index (χ3v) is 3.77. The molecular weight excluding hydrogens is 234 g/mol. The minimum Gasteiger partial charge on any atom is -0.287 e. The lowest BCUT2D eigenvalue weighted by atomic mass is 10.1. The molecule has 1 aromatic carbocycles. The second kappa shape index (κ2) is 6.77. The molecule has 98 valence electrons. The van der Waals surface area contributed by atoms with Gasteiger partial charge in [0.15, 0.2) is 0 Å². The van der Waals surface area contributed by atoms with Crippen LogP contribution in [-0.4, -0.2) is 26.1 Å². The summed E-state index contributed by atoms with van der Waals surface area (Å²) in [7, 11) is -1.31. The second-order valence-electron chi connectivity index (χ2n) is 5.55. The van der Waals surface area contributed by atoms with Crippen LogP contribution < -0.4 is 0 Å². The smallest absolute Gasteiger partial charge is 0.129 e. The van der Waals surface area contributed by atoms with Gasteiger partial charge >= 0.3 is 0 Å². The van der Waals surface area contributed by atoms with Crippen molar-refractivity contribution >= 4 is 8.07 Å². The monoisotopic (exact) mass is 259 g/mol. The van der Waals surface area contributed by atoms with Gasteiger partial charge in [0.05, 0.1) is 6.04 Å². The fourth-order valence-corrected chi connectivity index (χ4v) is 2.46. The van der Waals surface area contributed by atoms with Crippen LogP contribution in [0.5, 0.6) is 0 Å². The van der Waals surface area contributed by atoms with Crippen LogP contribution in [0.3, 0.4) is 0 Å². The van der Waals surface area contributed by atoms with Crippen LogP contribution in [0.2, 0.25) is 19.6 Å². The number of hydrogen-bond donors (Lipinski definition) is 0. The van der Waals surface area contributed by atoms with Crippen LogP contribution >= 0.6 is 0 Å². The second-order valence-corrected chi connectivity index (χ2v) is 10.3. The van der Waals surface area contributed by atoms with Gasteiger partial charge in [-0.2, -0.15) is 0 Å². The summed E-state index contributed by atoms with van der Waals surface area (Å²) in [6.45, 7) is 13.4. The molecule has 0 bridgehead atoms. The first-order valence-electron chi connectivity index (χ1n) is 6.79. The Labute approximate surface area is 113 Å². The van der Waals surface area contributed by atoms with Crippen molar-refractivity contribution in [3.63, 3.8) is 0 Å². The van der Waals surface area contributed by atoms with Crippen molar-refractivity contribution in [1.82, 2.24) is 4.90 Å². The van der Waals surface area contributed by atoms with E-state index < -0.39 is 8.07 Å². The Morgan fingerprint density at radius 1 is 1.06 bits per heavy atom. The Morgan fingerprint density at radius 2 is 1.61 bits per heavy atom. The maximum Gasteiger partial charge on any atom is 0.129 e. The SMILES string of the molecule is CCN(CC)[C@@H](C#C[Si](C)(C)C)c1ccccc1. The van der Waals surface area contributed by atoms with Gasteiger partial charge in [0, 0.05) is 0 Å². The lowest BCUT2D eigenvalue weighted by molar-refractivity contribution is 0.264. The molecule has 0 N–H and O–H groups in total. The van der Waals surface area contributed by atoms with Gasteiger partial charge in [0.1, 0.15) is 8.07 Å². The van der Waals surface area contributed by atoms with Gasteiger partial charge in [-0.3, -0.25) is 4.90 Å². The molecule has 0 saturated heterocycles. The highest BCUT2D eigenvalue weighted by atomic mass is 28.3. The summed E-state index contributed by atoms with van der Waals surface area (Å²) < 4.78 is 0. The van der Waals surface area contributed by atoms with E-state index in [9.17, 15) is 0 Å². The van der Waals surface area contributed by atoms with Crippen LogP contribution in [0, 0.1) is 11.5 Å². The third-order valence-electron chi connectivity index (χ3n) is 2.88. The van der Waals surface area contributed by atoms with Gasteiger partial charge in [-0.15, -0.1) is 5.54 Å². The van der Waals surface area contributed by atoms with E-state index in [1.807, 2.05) is 0 Å². The van der Waals surface area contributed by atoms with Crippen molar-refractivity contribution in [1.29, 1.82) is 0 Å². The highest BCUT2D eigenvalue weighted by Gasteiger charge is 2.16. The molecule has 0 aliphatic heterocycles. The molecule has 0 aliphatic rings. The normalized spacial score (nSPS) is 13.0. The lowest BCUT2D eigenvalue weighted by Crippen LogP contribution is -2.28. The minimum atomic E-state index is -1.31. The first-order chi connectivity index (χ1) is 8.48. The summed E-state index contributed by atoms with van der Waals surface area (Å²) in [4.78, 5) is 2.42. The zero-order valence-electron chi connectivity index (χ0n) is 12.3. The van der Waals surface area contributed by atoms with E-state index in [0.717, 1.165) is 13.1 Å². The third kappa shape index (κ3) is 4.68. The summed E-state index contributed by atoms with van der Waals surface area (Å²) in [5, 5.41) is 0. The van der Waals surface area contributed by atoms with Crippen LogP contribution in [0.1, 0.15) is 25.5 Å². The van der Waals surface area contributed by atoms with E-state index in [4.69, 9.17) is 0 Å². The highest BCUT2D eigenvalue weighted by molar-refractivity contribution is 6.83. The Balaban J connectivity index is 3.06. The van der Waals surface area contributed by atoms with Crippen molar-refractivity contribution in [2.75, 3.05) is 13.1 Å². The van der Waals surface area contributed by atoms with E-state index in [1.54, 1.807) is 0 Å². The molecule has 0 unspecified atom stereocenters.